The van der Waals surface area contributed by atoms with E-state index in [9.17, 15) is 0 Å². The zero-order chi connectivity index (χ0) is 11.1. The fourth-order valence-corrected chi connectivity index (χ4v) is 2.82. The third kappa shape index (κ3) is 1.67. The second-order valence-electron chi connectivity index (χ2n) is 5.43. The van der Waals surface area contributed by atoms with E-state index in [0.717, 1.165) is 24.8 Å². The maximum atomic E-state index is 5.67. The molecule has 1 aromatic rings. The van der Waals surface area contributed by atoms with Crippen molar-refractivity contribution >= 4 is 0 Å². The van der Waals surface area contributed by atoms with Gasteiger partial charge in [0.25, 0.3) is 0 Å². The first kappa shape index (κ1) is 10.3. The zero-order valence-electron chi connectivity index (χ0n) is 10.1. The second kappa shape index (κ2) is 3.88. The fourth-order valence-electron chi connectivity index (χ4n) is 2.82. The molecule has 2 heterocycles. The molecule has 0 radical (unpaired) electrons. The summed E-state index contributed by atoms with van der Waals surface area (Å²) in [6.07, 6.45) is 6.15. The molecule has 1 aliphatic heterocycles. The average molecular weight is 219 g/mol. The van der Waals surface area contributed by atoms with E-state index in [1.807, 2.05) is 0 Å². The van der Waals surface area contributed by atoms with Crippen molar-refractivity contribution in [2.24, 2.45) is 11.7 Å². The van der Waals surface area contributed by atoms with Crippen molar-refractivity contribution in [3.63, 3.8) is 0 Å². The minimum Gasteiger partial charge on any atom is -0.331 e. The molecule has 3 heteroatoms. The van der Waals surface area contributed by atoms with Crippen LogP contribution in [0.25, 0.3) is 0 Å². The molecular weight excluding hydrogens is 198 g/mol. The Labute approximate surface area is 97.0 Å². The summed E-state index contributed by atoms with van der Waals surface area (Å²) in [5, 5.41) is 0. The Morgan fingerprint density at radius 1 is 1.38 bits per heavy atom. The molecular formula is C13H21N3. The van der Waals surface area contributed by atoms with E-state index in [2.05, 4.69) is 11.5 Å². The van der Waals surface area contributed by atoms with Crippen LogP contribution in [0.5, 0.6) is 0 Å². The van der Waals surface area contributed by atoms with Gasteiger partial charge in [-0.05, 0) is 38.1 Å². The van der Waals surface area contributed by atoms with E-state index in [0.29, 0.717) is 0 Å². The van der Waals surface area contributed by atoms with Gasteiger partial charge in [-0.3, -0.25) is 0 Å². The minimum atomic E-state index is 0.726. The summed E-state index contributed by atoms with van der Waals surface area (Å²) in [6, 6.07) is 0. The van der Waals surface area contributed by atoms with Gasteiger partial charge in [-0.2, -0.15) is 0 Å². The van der Waals surface area contributed by atoms with Gasteiger partial charge in [0, 0.05) is 24.6 Å². The van der Waals surface area contributed by atoms with Crippen LogP contribution in [0.1, 0.15) is 49.3 Å². The molecule has 2 aliphatic rings. The first-order valence-corrected chi connectivity index (χ1v) is 6.58. The van der Waals surface area contributed by atoms with Crippen LogP contribution in [0.4, 0.5) is 0 Å². The Morgan fingerprint density at radius 3 is 2.88 bits per heavy atom. The number of fused-ring (bicyclic) bond motifs is 1. The number of hydrogen-bond acceptors (Lipinski definition) is 2. The quantitative estimate of drug-likeness (QED) is 0.843. The number of aromatic nitrogens is 2. The van der Waals surface area contributed by atoms with Gasteiger partial charge < -0.3 is 10.3 Å². The molecule has 3 rings (SSSR count). The number of imidazole rings is 1. The van der Waals surface area contributed by atoms with E-state index < -0.39 is 0 Å². The molecule has 1 atom stereocenters. The van der Waals surface area contributed by atoms with Crippen molar-refractivity contribution in [1.29, 1.82) is 0 Å². The smallest absolute Gasteiger partial charge is 0.112 e. The van der Waals surface area contributed by atoms with Gasteiger partial charge in [0.15, 0.2) is 0 Å². The number of nitrogens with zero attached hydrogens (tertiary/aromatic N) is 2. The third-order valence-corrected chi connectivity index (χ3v) is 3.88. The molecule has 2 N–H and O–H groups in total. The van der Waals surface area contributed by atoms with Crippen molar-refractivity contribution < 1.29 is 0 Å². The van der Waals surface area contributed by atoms with Crippen LogP contribution in [-0.2, 0) is 19.4 Å². The van der Waals surface area contributed by atoms with Crippen LogP contribution in [-0.4, -0.2) is 16.1 Å². The molecule has 1 unspecified atom stereocenters. The van der Waals surface area contributed by atoms with Crippen LogP contribution < -0.4 is 5.73 Å². The van der Waals surface area contributed by atoms with Gasteiger partial charge in [0.05, 0.1) is 5.69 Å². The van der Waals surface area contributed by atoms with Crippen LogP contribution in [0, 0.1) is 5.92 Å². The highest BCUT2D eigenvalue weighted by atomic mass is 15.1. The molecule has 0 bridgehead atoms. The fraction of sp³-hybridized carbons (Fsp3) is 0.769. The van der Waals surface area contributed by atoms with Crippen molar-refractivity contribution in [2.75, 3.05) is 6.54 Å². The van der Waals surface area contributed by atoms with Gasteiger partial charge in [-0.15, -0.1) is 0 Å². The predicted molar refractivity (Wildman–Crippen MR) is 64.4 cm³/mol. The highest BCUT2D eigenvalue weighted by Gasteiger charge is 2.32. The molecule has 1 aliphatic carbocycles. The standard InChI is InChI=1S/C13H21N3/c1-9-2-5-12-11(6-7-14)15-13(10-3-4-10)16(12)8-9/h9-10H,2-8,14H2,1H3. The highest BCUT2D eigenvalue weighted by Crippen LogP contribution is 2.41. The molecule has 3 nitrogen and oxygen atoms in total. The van der Waals surface area contributed by atoms with E-state index in [1.54, 1.807) is 0 Å². The SMILES string of the molecule is CC1CCc2c(CCN)nc(C3CC3)n2C1. The van der Waals surface area contributed by atoms with Gasteiger partial charge in [0.1, 0.15) is 5.82 Å². The largest absolute Gasteiger partial charge is 0.331 e. The number of nitrogens with two attached hydrogens (primary N) is 1. The van der Waals surface area contributed by atoms with E-state index in [4.69, 9.17) is 10.7 Å². The Kier molecular flexibility index (Phi) is 2.51. The molecule has 1 fully saturated rings. The van der Waals surface area contributed by atoms with Crippen LogP contribution in [0.2, 0.25) is 0 Å². The van der Waals surface area contributed by atoms with Gasteiger partial charge >= 0.3 is 0 Å². The molecule has 1 saturated carbocycles. The second-order valence-corrected chi connectivity index (χ2v) is 5.43. The van der Waals surface area contributed by atoms with Gasteiger partial charge in [0.2, 0.25) is 0 Å². The lowest BCUT2D eigenvalue weighted by Crippen LogP contribution is -2.20. The molecule has 88 valence electrons. The Balaban J connectivity index is 1.99. The first-order chi connectivity index (χ1) is 7.79. The summed E-state index contributed by atoms with van der Waals surface area (Å²) in [7, 11) is 0. The first-order valence-electron chi connectivity index (χ1n) is 6.58. The van der Waals surface area contributed by atoms with Crippen LogP contribution in [0.3, 0.4) is 0 Å². The van der Waals surface area contributed by atoms with Crippen molar-refractivity contribution in [1.82, 2.24) is 9.55 Å². The van der Waals surface area contributed by atoms with E-state index in [1.165, 1.54) is 49.4 Å². The molecule has 0 aromatic carbocycles. The van der Waals surface area contributed by atoms with Crippen LogP contribution in [0.15, 0.2) is 0 Å². The monoisotopic (exact) mass is 219 g/mol. The normalized spacial score (nSPS) is 24.5. The van der Waals surface area contributed by atoms with Crippen molar-refractivity contribution in [3.8, 4) is 0 Å². The molecule has 0 spiro atoms. The lowest BCUT2D eigenvalue weighted by atomic mass is 9.98. The summed E-state index contributed by atoms with van der Waals surface area (Å²) in [5.74, 6) is 2.94. The lowest BCUT2D eigenvalue weighted by molar-refractivity contribution is 0.389. The Bertz CT molecular complexity index is 390. The van der Waals surface area contributed by atoms with E-state index >= 15 is 0 Å². The number of hydrogen-bond donors (Lipinski definition) is 1. The van der Waals surface area contributed by atoms with Gasteiger partial charge in [-0.25, -0.2) is 4.98 Å². The maximum absolute atomic E-state index is 5.67. The third-order valence-electron chi connectivity index (χ3n) is 3.88. The molecule has 0 amide bonds. The summed E-state index contributed by atoms with van der Waals surface area (Å²) >= 11 is 0. The topological polar surface area (TPSA) is 43.8 Å². The summed E-state index contributed by atoms with van der Waals surface area (Å²) in [4.78, 5) is 4.86. The number of rotatable bonds is 3. The maximum Gasteiger partial charge on any atom is 0.112 e. The van der Waals surface area contributed by atoms with Crippen molar-refractivity contribution in [2.45, 2.75) is 51.5 Å². The minimum absolute atomic E-state index is 0.726. The highest BCUT2D eigenvalue weighted by molar-refractivity contribution is 5.24. The van der Waals surface area contributed by atoms with Gasteiger partial charge in [-0.1, -0.05) is 6.92 Å². The summed E-state index contributed by atoms with van der Waals surface area (Å²) in [5.41, 5.74) is 8.45. The molecule has 16 heavy (non-hydrogen) atoms. The average Bonchev–Trinajstić information content (AvgIpc) is 3.04. The Morgan fingerprint density at radius 2 is 2.19 bits per heavy atom. The predicted octanol–water partition coefficient (Wildman–Crippen LogP) is 1.84. The van der Waals surface area contributed by atoms with E-state index in [-0.39, 0.29) is 0 Å². The molecule has 0 saturated heterocycles. The Hall–Kier alpha value is -0.830. The lowest BCUT2D eigenvalue weighted by Gasteiger charge is -2.23. The zero-order valence-corrected chi connectivity index (χ0v) is 10.1. The van der Waals surface area contributed by atoms with Crippen LogP contribution >= 0.6 is 0 Å². The summed E-state index contributed by atoms with van der Waals surface area (Å²) in [6.45, 7) is 4.25. The molecule has 1 aromatic heterocycles. The summed E-state index contributed by atoms with van der Waals surface area (Å²) < 4.78 is 2.51. The van der Waals surface area contributed by atoms with Crippen molar-refractivity contribution in [3.05, 3.63) is 17.2 Å².